The highest BCUT2D eigenvalue weighted by atomic mass is 16.5. The van der Waals surface area contributed by atoms with E-state index in [2.05, 4.69) is 34.6 Å². The maximum absolute atomic E-state index is 12.2. The second kappa shape index (κ2) is 10.4. The second-order valence-corrected chi connectivity index (χ2v) is 8.33. The van der Waals surface area contributed by atoms with Gasteiger partial charge in [-0.1, -0.05) is 49.6 Å². The van der Waals surface area contributed by atoms with E-state index in [0.717, 1.165) is 24.3 Å². The molecular weight excluding hydrogens is 400 g/mol. The molecule has 1 saturated carbocycles. The van der Waals surface area contributed by atoms with Crippen LogP contribution in [0.1, 0.15) is 59.3 Å². The molecule has 166 valence electrons. The van der Waals surface area contributed by atoms with E-state index in [1.807, 2.05) is 42.5 Å². The van der Waals surface area contributed by atoms with Gasteiger partial charge in [0.15, 0.2) is 0 Å². The zero-order chi connectivity index (χ0) is 22.2. The Morgan fingerprint density at radius 2 is 1.62 bits per heavy atom. The third kappa shape index (κ3) is 5.00. The van der Waals surface area contributed by atoms with Crippen LogP contribution in [0, 0.1) is 0 Å². The number of aliphatic hydroxyl groups excluding tert-OH is 1. The third-order valence-electron chi connectivity index (χ3n) is 6.32. The van der Waals surface area contributed by atoms with Crippen molar-refractivity contribution in [1.29, 1.82) is 0 Å². The van der Waals surface area contributed by atoms with Crippen LogP contribution in [0.25, 0.3) is 0 Å². The van der Waals surface area contributed by atoms with E-state index in [1.54, 1.807) is 6.20 Å². The molecule has 1 fully saturated rings. The molecule has 5 nitrogen and oxygen atoms in total. The summed E-state index contributed by atoms with van der Waals surface area (Å²) >= 11 is 0. The van der Waals surface area contributed by atoms with E-state index >= 15 is 0 Å². The molecule has 0 spiro atoms. The van der Waals surface area contributed by atoms with Crippen LogP contribution in [0.2, 0.25) is 0 Å². The van der Waals surface area contributed by atoms with E-state index in [0.29, 0.717) is 12.2 Å². The monoisotopic (exact) mass is 430 g/mol. The van der Waals surface area contributed by atoms with Gasteiger partial charge >= 0.3 is 0 Å². The summed E-state index contributed by atoms with van der Waals surface area (Å²) in [4.78, 5) is 16.5. The van der Waals surface area contributed by atoms with E-state index in [9.17, 15) is 4.79 Å². The van der Waals surface area contributed by atoms with Crippen molar-refractivity contribution in [3.05, 3.63) is 95.3 Å². The number of rotatable bonds is 8. The number of carbonyl (C=O) groups excluding carboxylic acids is 1. The number of amides is 1. The van der Waals surface area contributed by atoms with Crippen LogP contribution in [0.15, 0.2) is 72.9 Å². The van der Waals surface area contributed by atoms with Gasteiger partial charge in [0.05, 0.1) is 12.3 Å². The summed E-state index contributed by atoms with van der Waals surface area (Å²) in [5, 5.41) is 11.6. The predicted octanol–water partition coefficient (Wildman–Crippen LogP) is 4.63. The average molecular weight is 431 g/mol. The first-order valence-electron chi connectivity index (χ1n) is 11.3. The fourth-order valence-corrected chi connectivity index (χ4v) is 4.62. The minimum Gasteiger partial charge on any atom is -0.487 e. The highest BCUT2D eigenvalue weighted by molar-refractivity contribution is 5.94. The number of nitrogens with one attached hydrogen (secondary N) is 1. The van der Waals surface area contributed by atoms with Crippen LogP contribution >= 0.6 is 0 Å². The number of pyridine rings is 1. The Kier molecular flexibility index (Phi) is 7.17. The molecule has 0 atom stereocenters. The Morgan fingerprint density at radius 3 is 2.25 bits per heavy atom. The van der Waals surface area contributed by atoms with E-state index in [-0.39, 0.29) is 24.5 Å². The smallest absolute Gasteiger partial charge is 0.251 e. The molecule has 1 aliphatic rings. The lowest BCUT2D eigenvalue weighted by Gasteiger charge is -2.38. The summed E-state index contributed by atoms with van der Waals surface area (Å²) in [7, 11) is 0. The molecule has 1 heterocycles. The van der Waals surface area contributed by atoms with Crippen molar-refractivity contribution in [2.75, 3.05) is 13.2 Å². The molecule has 0 aliphatic heterocycles. The minimum atomic E-state index is -0.155. The van der Waals surface area contributed by atoms with Gasteiger partial charge in [-0.15, -0.1) is 0 Å². The molecular formula is C27H30N2O3. The summed E-state index contributed by atoms with van der Waals surface area (Å²) in [5.41, 5.74) is 4.02. The topological polar surface area (TPSA) is 71.5 Å². The summed E-state index contributed by atoms with van der Waals surface area (Å²) in [6.45, 7) is 0.652. The average Bonchev–Trinajstić information content (AvgIpc) is 2.87. The fourth-order valence-electron chi connectivity index (χ4n) is 4.62. The molecule has 2 aromatic carbocycles. The number of nitrogens with zero attached hydrogens (tertiary/aromatic N) is 1. The second-order valence-electron chi connectivity index (χ2n) is 8.33. The lowest BCUT2D eigenvalue weighted by molar-refractivity contribution is 0.0944. The molecule has 1 aliphatic carbocycles. The number of benzene rings is 2. The standard InChI is InChI=1S/C27H30N2O3/c30-19-18-29-26(31)21-7-9-22(10-8-21)27(15-3-1-4-16-27)23-11-13-25(14-12-23)32-20-24-6-2-5-17-28-24/h2,5-14,17,30H,1,3-4,15-16,18-20H2,(H,29,31). The zero-order valence-corrected chi connectivity index (χ0v) is 18.3. The summed E-state index contributed by atoms with van der Waals surface area (Å²) in [6, 6.07) is 22.2. The van der Waals surface area contributed by atoms with Crippen LogP contribution in [0.3, 0.4) is 0 Å². The maximum Gasteiger partial charge on any atom is 0.251 e. The molecule has 0 bridgehead atoms. The number of aromatic nitrogens is 1. The quantitative estimate of drug-likeness (QED) is 0.546. The Labute approximate surface area is 189 Å². The highest BCUT2D eigenvalue weighted by Gasteiger charge is 2.35. The van der Waals surface area contributed by atoms with Gasteiger partial charge in [0.2, 0.25) is 0 Å². The molecule has 1 aromatic heterocycles. The van der Waals surface area contributed by atoms with Gasteiger partial charge in [-0.2, -0.15) is 0 Å². The van der Waals surface area contributed by atoms with Crippen molar-refractivity contribution in [1.82, 2.24) is 10.3 Å². The van der Waals surface area contributed by atoms with Crippen molar-refractivity contribution in [3.63, 3.8) is 0 Å². The lowest BCUT2D eigenvalue weighted by atomic mass is 9.65. The Balaban J connectivity index is 1.53. The summed E-state index contributed by atoms with van der Waals surface area (Å²) in [6.07, 6.45) is 7.60. The first-order chi connectivity index (χ1) is 15.7. The van der Waals surface area contributed by atoms with Crippen molar-refractivity contribution in [3.8, 4) is 5.75 Å². The molecule has 3 aromatic rings. The van der Waals surface area contributed by atoms with Gasteiger partial charge in [-0.25, -0.2) is 0 Å². The van der Waals surface area contributed by atoms with E-state index < -0.39 is 0 Å². The molecule has 32 heavy (non-hydrogen) atoms. The van der Waals surface area contributed by atoms with Gasteiger partial charge in [-0.3, -0.25) is 9.78 Å². The minimum absolute atomic E-state index is 0.0438. The SMILES string of the molecule is O=C(NCCO)c1ccc(C2(c3ccc(OCc4ccccn4)cc3)CCCCC2)cc1. The van der Waals surface area contributed by atoms with Gasteiger partial charge in [-0.05, 0) is 60.4 Å². The van der Waals surface area contributed by atoms with Crippen LogP contribution in [-0.4, -0.2) is 29.1 Å². The number of carbonyl (C=O) groups is 1. The van der Waals surface area contributed by atoms with Gasteiger partial charge in [0, 0.05) is 23.7 Å². The first kappa shape index (κ1) is 22.0. The number of ether oxygens (including phenoxy) is 1. The van der Waals surface area contributed by atoms with Crippen LogP contribution in [0.4, 0.5) is 0 Å². The Hall–Kier alpha value is -3.18. The van der Waals surface area contributed by atoms with Gasteiger partial charge in [0.1, 0.15) is 12.4 Å². The van der Waals surface area contributed by atoms with Crippen LogP contribution in [-0.2, 0) is 12.0 Å². The van der Waals surface area contributed by atoms with Crippen molar-refractivity contribution in [2.24, 2.45) is 0 Å². The van der Waals surface area contributed by atoms with Crippen molar-refractivity contribution >= 4 is 5.91 Å². The Bertz CT molecular complexity index is 995. The van der Waals surface area contributed by atoms with Crippen molar-refractivity contribution < 1.29 is 14.6 Å². The lowest BCUT2D eigenvalue weighted by Crippen LogP contribution is -2.31. The molecule has 0 radical (unpaired) electrons. The van der Waals surface area contributed by atoms with E-state index in [1.165, 1.54) is 30.4 Å². The normalized spacial score (nSPS) is 15.2. The molecule has 0 unspecified atom stereocenters. The largest absolute Gasteiger partial charge is 0.487 e. The predicted molar refractivity (Wildman–Crippen MR) is 125 cm³/mol. The highest BCUT2D eigenvalue weighted by Crippen LogP contribution is 2.45. The molecule has 2 N–H and O–H groups in total. The van der Waals surface area contributed by atoms with Gasteiger partial charge < -0.3 is 15.2 Å². The molecule has 4 rings (SSSR count). The third-order valence-corrected chi connectivity index (χ3v) is 6.32. The molecule has 1 amide bonds. The maximum atomic E-state index is 12.2. The fraction of sp³-hybridized carbons (Fsp3) is 0.333. The molecule has 0 saturated heterocycles. The first-order valence-corrected chi connectivity index (χ1v) is 11.3. The molecule has 5 heteroatoms. The zero-order valence-electron chi connectivity index (χ0n) is 18.3. The number of aliphatic hydroxyl groups is 1. The summed E-state index contributed by atoms with van der Waals surface area (Å²) < 4.78 is 5.92. The van der Waals surface area contributed by atoms with Crippen molar-refractivity contribution in [2.45, 2.75) is 44.1 Å². The van der Waals surface area contributed by atoms with E-state index in [4.69, 9.17) is 9.84 Å². The van der Waals surface area contributed by atoms with Gasteiger partial charge in [0.25, 0.3) is 5.91 Å². The van der Waals surface area contributed by atoms with Crippen LogP contribution < -0.4 is 10.1 Å². The Morgan fingerprint density at radius 1 is 0.938 bits per heavy atom. The number of hydrogen-bond acceptors (Lipinski definition) is 4. The number of hydrogen-bond donors (Lipinski definition) is 2. The summed E-state index contributed by atoms with van der Waals surface area (Å²) in [5.74, 6) is 0.680. The van der Waals surface area contributed by atoms with Crippen LogP contribution in [0.5, 0.6) is 5.75 Å².